The Morgan fingerprint density at radius 3 is 3.00 bits per heavy atom. The number of methoxy groups -OCH3 is 1. The van der Waals surface area contributed by atoms with E-state index in [4.69, 9.17) is 4.74 Å². The molecule has 0 aliphatic carbocycles. The van der Waals surface area contributed by atoms with Gasteiger partial charge in [-0.15, -0.1) is 0 Å². The lowest BCUT2D eigenvalue weighted by molar-refractivity contribution is 0.183. The first-order valence-electron chi connectivity index (χ1n) is 5.99. The molecule has 4 nitrogen and oxygen atoms in total. The number of nitrogens with zero attached hydrogens (tertiary/aromatic N) is 1. The molecule has 0 amide bonds. The quantitative estimate of drug-likeness (QED) is 0.799. The van der Waals surface area contributed by atoms with Gasteiger partial charge in [0, 0.05) is 37.4 Å². The lowest BCUT2D eigenvalue weighted by Gasteiger charge is -2.26. The van der Waals surface area contributed by atoms with Gasteiger partial charge in [0.15, 0.2) is 0 Å². The van der Waals surface area contributed by atoms with Gasteiger partial charge in [-0.25, -0.2) is 0 Å². The average molecular weight is 236 g/mol. The summed E-state index contributed by atoms with van der Waals surface area (Å²) in [6.07, 6.45) is -0.328. The van der Waals surface area contributed by atoms with E-state index in [1.54, 1.807) is 7.11 Å². The third kappa shape index (κ3) is 3.11. The summed E-state index contributed by atoms with van der Waals surface area (Å²) in [6.45, 7) is 4.33. The lowest BCUT2D eigenvalue weighted by Crippen LogP contribution is -2.35. The average Bonchev–Trinajstić information content (AvgIpc) is 2.51. The summed E-state index contributed by atoms with van der Waals surface area (Å²) >= 11 is 0. The monoisotopic (exact) mass is 236 g/mol. The summed E-state index contributed by atoms with van der Waals surface area (Å²) < 4.78 is 5.23. The number of hydrogen-bond donors (Lipinski definition) is 2. The highest BCUT2D eigenvalue weighted by atomic mass is 16.5. The van der Waals surface area contributed by atoms with Gasteiger partial charge in [-0.1, -0.05) is 6.07 Å². The van der Waals surface area contributed by atoms with Gasteiger partial charge < -0.3 is 20.1 Å². The van der Waals surface area contributed by atoms with E-state index in [1.807, 2.05) is 24.3 Å². The molecule has 0 spiro atoms. The second-order valence-corrected chi connectivity index (χ2v) is 4.57. The zero-order valence-electron chi connectivity index (χ0n) is 10.4. The molecule has 0 aromatic heterocycles. The van der Waals surface area contributed by atoms with E-state index in [-0.39, 0.29) is 6.10 Å². The minimum absolute atomic E-state index is 0.328. The van der Waals surface area contributed by atoms with Crippen LogP contribution in [0.2, 0.25) is 0 Å². The van der Waals surface area contributed by atoms with Crippen LogP contribution in [0.3, 0.4) is 0 Å². The van der Waals surface area contributed by atoms with Gasteiger partial charge in [0.1, 0.15) is 5.75 Å². The molecule has 1 aromatic rings. The molecule has 17 heavy (non-hydrogen) atoms. The first-order valence-corrected chi connectivity index (χ1v) is 5.99. The molecule has 0 radical (unpaired) electrons. The van der Waals surface area contributed by atoms with Crippen LogP contribution in [0.4, 0.5) is 5.69 Å². The van der Waals surface area contributed by atoms with Crippen LogP contribution in [-0.4, -0.2) is 44.0 Å². The number of anilines is 1. The summed E-state index contributed by atoms with van der Waals surface area (Å²) in [7, 11) is 1.67. The molecule has 1 fully saturated rings. The van der Waals surface area contributed by atoms with Gasteiger partial charge in [-0.3, -0.25) is 0 Å². The highest BCUT2D eigenvalue weighted by Gasteiger charge is 2.20. The van der Waals surface area contributed by atoms with E-state index < -0.39 is 0 Å². The van der Waals surface area contributed by atoms with Gasteiger partial charge in [0.25, 0.3) is 0 Å². The maximum Gasteiger partial charge on any atom is 0.120 e. The number of ether oxygens (including phenoxy) is 1. The number of benzene rings is 1. The summed E-state index contributed by atoms with van der Waals surface area (Å²) in [5.41, 5.74) is 1.10. The molecule has 2 atom stereocenters. The van der Waals surface area contributed by atoms with Crippen molar-refractivity contribution in [1.29, 1.82) is 0 Å². The van der Waals surface area contributed by atoms with Crippen LogP contribution in [0, 0.1) is 0 Å². The second kappa shape index (κ2) is 5.38. The van der Waals surface area contributed by atoms with E-state index in [9.17, 15) is 5.11 Å². The summed E-state index contributed by atoms with van der Waals surface area (Å²) in [5.74, 6) is 0.849. The zero-order chi connectivity index (χ0) is 12.3. The Balaban J connectivity index is 2.18. The molecule has 4 heteroatoms. The Bertz CT molecular complexity index is 358. The Morgan fingerprint density at radius 1 is 1.41 bits per heavy atom. The van der Waals surface area contributed by atoms with Crippen LogP contribution in [0.5, 0.6) is 5.75 Å². The van der Waals surface area contributed by atoms with Gasteiger partial charge >= 0.3 is 0 Å². The fraction of sp³-hybridized carbons (Fsp3) is 0.538. The molecule has 1 aliphatic rings. The van der Waals surface area contributed by atoms with E-state index in [1.165, 1.54) is 0 Å². The Morgan fingerprint density at radius 2 is 2.24 bits per heavy atom. The van der Waals surface area contributed by atoms with Gasteiger partial charge in [0.05, 0.1) is 13.2 Å². The van der Waals surface area contributed by atoms with E-state index in [2.05, 4.69) is 17.1 Å². The van der Waals surface area contributed by atoms with Crippen LogP contribution < -0.4 is 15.0 Å². The van der Waals surface area contributed by atoms with Crippen molar-refractivity contribution in [2.45, 2.75) is 19.1 Å². The first kappa shape index (κ1) is 12.2. The predicted octanol–water partition coefficient (Wildman–Crippen LogP) is 0.854. The maximum atomic E-state index is 9.83. The third-order valence-corrected chi connectivity index (χ3v) is 3.05. The van der Waals surface area contributed by atoms with Crippen molar-refractivity contribution < 1.29 is 9.84 Å². The Labute approximate surface area is 102 Å². The number of β-amino-alcohol motifs (C(OH)–C–C–N with tert-alkyl or cyclic N) is 1. The number of aliphatic hydroxyl groups excluding tert-OH is 1. The van der Waals surface area contributed by atoms with Gasteiger partial charge in [-0.2, -0.15) is 0 Å². The van der Waals surface area contributed by atoms with Gasteiger partial charge in [-0.05, 0) is 19.1 Å². The highest BCUT2D eigenvalue weighted by Crippen LogP contribution is 2.22. The standard InChI is InChI=1S/C13H20N2O2/c1-10-8-15(9-12(16)7-14-10)11-4-3-5-13(6-11)17-2/h3-6,10,12,14,16H,7-9H2,1-2H3. The minimum Gasteiger partial charge on any atom is -0.497 e. The largest absolute Gasteiger partial charge is 0.497 e. The third-order valence-electron chi connectivity index (χ3n) is 3.05. The number of rotatable bonds is 2. The topological polar surface area (TPSA) is 44.7 Å². The van der Waals surface area contributed by atoms with E-state index >= 15 is 0 Å². The molecule has 0 bridgehead atoms. The molecule has 2 rings (SSSR count). The highest BCUT2D eigenvalue weighted by molar-refractivity contribution is 5.51. The van der Waals surface area contributed by atoms with Crippen molar-refractivity contribution in [1.82, 2.24) is 5.32 Å². The molecule has 94 valence electrons. The van der Waals surface area contributed by atoms with Crippen molar-refractivity contribution in [2.75, 3.05) is 31.6 Å². The van der Waals surface area contributed by atoms with Crippen molar-refractivity contribution in [3.05, 3.63) is 24.3 Å². The molecule has 0 saturated carbocycles. The number of aliphatic hydroxyl groups is 1. The van der Waals surface area contributed by atoms with Crippen molar-refractivity contribution in [3.63, 3.8) is 0 Å². The van der Waals surface area contributed by atoms with Gasteiger partial charge in [0.2, 0.25) is 0 Å². The molecule has 2 unspecified atom stereocenters. The Kier molecular flexibility index (Phi) is 3.86. The summed E-state index contributed by atoms with van der Waals surface area (Å²) in [6, 6.07) is 8.33. The lowest BCUT2D eigenvalue weighted by atomic mass is 10.2. The number of hydrogen-bond acceptors (Lipinski definition) is 4. The normalized spacial score (nSPS) is 25.5. The fourth-order valence-electron chi connectivity index (χ4n) is 2.14. The SMILES string of the molecule is COc1cccc(N2CC(O)CNC(C)C2)c1. The summed E-state index contributed by atoms with van der Waals surface area (Å²) in [4.78, 5) is 2.19. The van der Waals surface area contributed by atoms with Crippen molar-refractivity contribution in [2.24, 2.45) is 0 Å². The van der Waals surface area contributed by atoms with Crippen molar-refractivity contribution in [3.8, 4) is 5.75 Å². The first-order chi connectivity index (χ1) is 8.19. The smallest absolute Gasteiger partial charge is 0.120 e. The number of nitrogens with one attached hydrogen (secondary N) is 1. The molecule has 1 aliphatic heterocycles. The molecule has 2 N–H and O–H groups in total. The van der Waals surface area contributed by atoms with E-state index in [0.717, 1.165) is 18.0 Å². The van der Waals surface area contributed by atoms with E-state index in [0.29, 0.717) is 19.1 Å². The van der Waals surface area contributed by atoms with Crippen LogP contribution in [0.1, 0.15) is 6.92 Å². The van der Waals surface area contributed by atoms with Crippen LogP contribution in [-0.2, 0) is 0 Å². The van der Waals surface area contributed by atoms with Crippen LogP contribution in [0.15, 0.2) is 24.3 Å². The second-order valence-electron chi connectivity index (χ2n) is 4.57. The van der Waals surface area contributed by atoms with Crippen molar-refractivity contribution >= 4 is 5.69 Å². The summed E-state index contributed by atoms with van der Waals surface area (Å²) in [5, 5.41) is 13.1. The molecular weight excluding hydrogens is 216 g/mol. The Hall–Kier alpha value is -1.26. The predicted molar refractivity (Wildman–Crippen MR) is 68.7 cm³/mol. The molecular formula is C13H20N2O2. The zero-order valence-corrected chi connectivity index (χ0v) is 10.4. The molecule has 1 heterocycles. The molecule has 1 saturated heterocycles. The van der Waals surface area contributed by atoms with Crippen LogP contribution >= 0.6 is 0 Å². The fourth-order valence-corrected chi connectivity index (χ4v) is 2.14. The molecule has 1 aromatic carbocycles. The minimum atomic E-state index is -0.328. The van der Waals surface area contributed by atoms with Crippen LogP contribution in [0.25, 0.3) is 0 Å². The maximum absolute atomic E-state index is 9.83.